The average molecular weight is 207 g/mol. The Kier molecular flexibility index (Phi) is 4.79. The number of benzene rings is 1. The molecule has 1 rings (SSSR count). The smallest absolute Gasteiger partial charge is 0.0659 e. The van der Waals surface area contributed by atoms with Crippen LogP contribution >= 0.6 is 0 Å². The van der Waals surface area contributed by atoms with E-state index in [-0.39, 0.29) is 6.04 Å². The monoisotopic (exact) mass is 207 g/mol. The standard InChI is InChI=1S/C13H21NO/c1-4-7-15-9-13(14)12-8-10(2)5-6-11(12)3/h5-6,8,13H,4,7,9,14H2,1-3H3. The third-order valence-electron chi connectivity index (χ3n) is 2.48. The van der Waals surface area contributed by atoms with Gasteiger partial charge < -0.3 is 10.5 Å². The lowest BCUT2D eigenvalue weighted by molar-refractivity contribution is 0.121. The summed E-state index contributed by atoms with van der Waals surface area (Å²) in [5.41, 5.74) is 9.78. The molecule has 0 aliphatic heterocycles. The highest BCUT2D eigenvalue weighted by Crippen LogP contribution is 2.17. The summed E-state index contributed by atoms with van der Waals surface area (Å²) in [5, 5.41) is 0. The van der Waals surface area contributed by atoms with Crippen LogP contribution in [0, 0.1) is 13.8 Å². The minimum atomic E-state index is -0.00329. The Balaban J connectivity index is 2.64. The molecule has 1 atom stereocenters. The summed E-state index contributed by atoms with van der Waals surface area (Å²) in [5.74, 6) is 0. The molecule has 0 radical (unpaired) electrons. The van der Waals surface area contributed by atoms with Gasteiger partial charge in [0, 0.05) is 6.61 Å². The fourth-order valence-electron chi connectivity index (χ4n) is 1.60. The third kappa shape index (κ3) is 3.65. The summed E-state index contributed by atoms with van der Waals surface area (Å²) < 4.78 is 5.47. The second-order valence-corrected chi connectivity index (χ2v) is 4.04. The van der Waals surface area contributed by atoms with Gasteiger partial charge in [0.05, 0.1) is 12.6 Å². The Morgan fingerprint density at radius 1 is 1.33 bits per heavy atom. The van der Waals surface area contributed by atoms with Crippen molar-refractivity contribution in [1.82, 2.24) is 0 Å². The minimum Gasteiger partial charge on any atom is -0.379 e. The SMILES string of the molecule is CCCOCC(N)c1cc(C)ccc1C. The molecule has 2 nitrogen and oxygen atoms in total. The Morgan fingerprint density at radius 3 is 2.73 bits per heavy atom. The predicted molar refractivity (Wildman–Crippen MR) is 64.0 cm³/mol. The van der Waals surface area contributed by atoms with E-state index in [0.29, 0.717) is 6.61 Å². The fraction of sp³-hybridized carbons (Fsp3) is 0.538. The maximum atomic E-state index is 6.08. The molecule has 0 spiro atoms. The van der Waals surface area contributed by atoms with Crippen LogP contribution in [-0.4, -0.2) is 13.2 Å². The number of rotatable bonds is 5. The molecular formula is C13H21NO. The van der Waals surface area contributed by atoms with E-state index >= 15 is 0 Å². The van der Waals surface area contributed by atoms with Crippen molar-refractivity contribution >= 4 is 0 Å². The van der Waals surface area contributed by atoms with Crippen LogP contribution in [0.15, 0.2) is 18.2 Å². The normalized spacial score (nSPS) is 12.8. The van der Waals surface area contributed by atoms with E-state index in [2.05, 4.69) is 39.0 Å². The average Bonchev–Trinajstić information content (AvgIpc) is 2.22. The van der Waals surface area contributed by atoms with Crippen molar-refractivity contribution in [3.8, 4) is 0 Å². The number of hydrogen-bond donors (Lipinski definition) is 1. The lowest BCUT2D eigenvalue weighted by Gasteiger charge is -2.15. The van der Waals surface area contributed by atoms with Crippen molar-refractivity contribution in [2.24, 2.45) is 5.73 Å². The number of ether oxygens (including phenoxy) is 1. The first-order valence-electron chi connectivity index (χ1n) is 5.55. The molecule has 0 heterocycles. The zero-order chi connectivity index (χ0) is 11.3. The van der Waals surface area contributed by atoms with Gasteiger partial charge in [0.15, 0.2) is 0 Å². The quantitative estimate of drug-likeness (QED) is 0.753. The van der Waals surface area contributed by atoms with Crippen LogP contribution in [0.3, 0.4) is 0 Å². The van der Waals surface area contributed by atoms with E-state index in [0.717, 1.165) is 13.0 Å². The third-order valence-corrected chi connectivity index (χ3v) is 2.48. The molecule has 0 aliphatic carbocycles. The van der Waals surface area contributed by atoms with Crippen molar-refractivity contribution in [1.29, 1.82) is 0 Å². The molecule has 0 aromatic heterocycles. The fourth-order valence-corrected chi connectivity index (χ4v) is 1.60. The van der Waals surface area contributed by atoms with Gasteiger partial charge >= 0.3 is 0 Å². The van der Waals surface area contributed by atoms with E-state index < -0.39 is 0 Å². The van der Waals surface area contributed by atoms with Crippen molar-refractivity contribution in [2.75, 3.05) is 13.2 Å². The van der Waals surface area contributed by atoms with Crippen molar-refractivity contribution in [3.63, 3.8) is 0 Å². The maximum absolute atomic E-state index is 6.08. The molecule has 0 saturated heterocycles. The second-order valence-electron chi connectivity index (χ2n) is 4.04. The molecule has 1 aromatic rings. The van der Waals surface area contributed by atoms with Gasteiger partial charge in [-0.1, -0.05) is 30.7 Å². The van der Waals surface area contributed by atoms with Crippen LogP contribution in [0.4, 0.5) is 0 Å². The van der Waals surface area contributed by atoms with Crippen molar-refractivity contribution in [2.45, 2.75) is 33.2 Å². The van der Waals surface area contributed by atoms with Gasteiger partial charge in [0.25, 0.3) is 0 Å². The van der Waals surface area contributed by atoms with Crippen LogP contribution in [0.1, 0.15) is 36.1 Å². The molecule has 2 N–H and O–H groups in total. The largest absolute Gasteiger partial charge is 0.379 e. The van der Waals surface area contributed by atoms with Gasteiger partial charge in [-0.05, 0) is 31.4 Å². The first-order valence-corrected chi connectivity index (χ1v) is 5.55. The number of hydrogen-bond acceptors (Lipinski definition) is 2. The highest BCUT2D eigenvalue weighted by molar-refractivity contribution is 5.32. The van der Waals surface area contributed by atoms with Crippen molar-refractivity contribution < 1.29 is 4.74 Å². The lowest BCUT2D eigenvalue weighted by atomic mass is 10.00. The number of aryl methyl sites for hydroxylation is 2. The Morgan fingerprint density at radius 2 is 2.07 bits per heavy atom. The summed E-state index contributed by atoms with van der Waals surface area (Å²) in [4.78, 5) is 0. The van der Waals surface area contributed by atoms with Crippen LogP contribution in [-0.2, 0) is 4.74 Å². The van der Waals surface area contributed by atoms with Gasteiger partial charge in [0.2, 0.25) is 0 Å². The zero-order valence-electron chi connectivity index (χ0n) is 9.92. The van der Waals surface area contributed by atoms with E-state index in [4.69, 9.17) is 10.5 Å². The summed E-state index contributed by atoms with van der Waals surface area (Å²) in [6.45, 7) is 7.68. The molecule has 84 valence electrons. The Bertz CT molecular complexity index is 309. The molecule has 15 heavy (non-hydrogen) atoms. The molecule has 1 aromatic carbocycles. The summed E-state index contributed by atoms with van der Waals surface area (Å²) in [7, 11) is 0. The molecule has 0 aliphatic rings. The minimum absolute atomic E-state index is 0.00329. The van der Waals surface area contributed by atoms with Crippen LogP contribution < -0.4 is 5.73 Å². The van der Waals surface area contributed by atoms with E-state index in [9.17, 15) is 0 Å². The van der Waals surface area contributed by atoms with Crippen LogP contribution in [0.5, 0.6) is 0 Å². The van der Waals surface area contributed by atoms with Gasteiger partial charge in [0.1, 0.15) is 0 Å². The zero-order valence-corrected chi connectivity index (χ0v) is 9.92. The van der Waals surface area contributed by atoms with E-state index in [1.54, 1.807) is 0 Å². The van der Waals surface area contributed by atoms with Crippen LogP contribution in [0.2, 0.25) is 0 Å². The number of nitrogens with two attached hydrogens (primary N) is 1. The Hall–Kier alpha value is -0.860. The molecule has 0 amide bonds. The van der Waals surface area contributed by atoms with Gasteiger partial charge in [-0.25, -0.2) is 0 Å². The van der Waals surface area contributed by atoms with Gasteiger partial charge in [-0.3, -0.25) is 0 Å². The Labute approximate surface area is 92.4 Å². The van der Waals surface area contributed by atoms with Crippen LogP contribution in [0.25, 0.3) is 0 Å². The summed E-state index contributed by atoms with van der Waals surface area (Å²) >= 11 is 0. The highest BCUT2D eigenvalue weighted by Gasteiger charge is 2.08. The molecule has 0 fully saturated rings. The topological polar surface area (TPSA) is 35.2 Å². The van der Waals surface area contributed by atoms with E-state index in [1.165, 1.54) is 16.7 Å². The van der Waals surface area contributed by atoms with Gasteiger partial charge in [-0.2, -0.15) is 0 Å². The predicted octanol–water partition coefficient (Wildman–Crippen LogP) is 2.73. The maximum Gasteiger partial charge on any atom is 0.0659 e. The van der Waals surface area contributed by atoms with E-state index in [1.807, 2.05) is 0 Å². The molecule has 2 heteroatoms. The first-order chi connectivity index (χ1) is 7.15. The second kappa shape index (κ2) is 5.89. The lowest BCUT2D eigenvalue weighted by Crippen LogP contribution is -2.18. The molecule has 0 saturated carbocycles. The summed E-state index contributed by atoms with van der Waals surface area (Å²) in [6.07, 6.45) is 1.04. The van der Waals surface area contributed by atoms with Gasteiger partial charge in [-0.15, -0.1) is 0 Å². The van der Waals surface area contributed by atoms with Crippen molar-refractivity contribution in [3.05, 3.63) is 34.9 Å². The molecule has 1 unspecified atom stereocenters. The molecule has 0 bridgehead atoms. The molecular weight excluding hydrogens is 186 g/mol. The summed E-state index contributed by atoms with van der Waals surface area (Å²) in [6, 6.07) is 6.37. The highest BCUT2D eigenvalue weighted by atomic mass is 16.5. The first kappa shape index (κ1) is 12.2.